The Bertz CT molecular complexity index is 646. The first-order valence-corrected chi connectivity index (χ1v) is 8.17. The second-order valence-electron chi connectivity index (χ2n) is 6.09. The number of anilines is 2. The number of aryl methyl sites for hydroxylation is 1. The number of nitrogens with one attached hydrogen (secondary N) is 2. The third-order valence-corrected chi connectivity index (χ3v) is 4.16. The number of carbonyl (C=O) groups is 1. The van der Waals surface area contributed by atoms with Crippen LogP contribution in [0, 0.1) is 6.92 Å². The first-order valence-electron chi connectivity index (χ1n) is 8.17. The molecule has 0 atom stereocenters. The molecule has 3 rings (SSSR count). The van der Waals surface area contributed by atoms with Crippen molar-refractivity contribution in [3.63, 3.8) is 0 Å². The molecule has 1 amide bonds. The predicted octanol–water partition coefficient (Wildman–Crippen LogP) is 3.78. The third-order valence-electron chi connectivity index (χ3n) is 4.16. The summed E-state index contributed by atoms with van der Waals surface area (Å²) < 4.78 is 0. The van der Waals surface area contributed by atoms with Crippen LogP contribution < -0.4 is 10.6 Å². The van der Waals surface area contributed by atoms with E-state index in [1.54, 1.807) is 12.4 Å². The molecule has 0 radical (unpaired) electrons. The molecule has 2 aromatic rings. The van der Waals surface area contributed by atoms with Gasteiger partial charge in [-0.25, -0.2) is 9.97 Å². The lowest BCUT2D eigenvalue weighted by Gasteiger charge is -2.22. The highest BCUT2D eigenvalue weighted by Crippen LogP contribution is 2.20. The fourth-order valence-electron chi connectivity index (χ4n) is 2.79. The van der Waals surface area contributed by atoms with Crippen LogP contribution in [0.2, 0.25) is 0 Å². The van der Waals surface area contributed by atoms with Crippen molar-refractivity contribution in [2.45, 2.75) is 45.1 Å². The van der Waals surface area contributed by atoms with Gasteiger partial charge in [-0.15, -0.1) is 0 Å². The summed E-state index contributed by atoms with van der Waals surface area (Å²) in [7, 11) is 0. The lowest BCUT2D eigenvalue weighted by atomic mass is 9.96. The molecule has 0 bridgehead atoms. The van der Waals surface area contributed by atoms with Gasteiger partial charge in [-0.2, -0.15) is 0 Å². The van der Waals surface area contributed by atoms with Crippen LogP contribution in [0.4, 0.5) is 11.6 Å². The van der Waals surface area contributed by atoms with Crippen molar-refractivity contribution in [3.05, 3.63) is 47.8 Å². The summed E-state index contributed by atoms with van der Waals surface area (Å²) in [4.78, 5) is 20.7. The molecule has 0 spiro atoms. The Hall–Kier alpha value is -2.43. The molecule has 1 aliphatic rings. The van der Waals surface area contributed by atoms with Gasteiger partial charge in [-0.3, -0.25) is 4.79 Å². The first kappa shape index (κ1) is 15.5. The zero-order valence-electron chi connectivity index (χ0n) is 13.4. The number of aromatic nitrogens is 2. The molecule has 5 heteroatoms. The Morgan fingerprint density at radius 1 is 1.04 bits per heavy atom. The van der Waals surface area contributed by atoms with Crippen molar-refractivity contribution in [1.82, 2.24) is 9.97 Å². The van der Waals surface area contributed by atoms with E-state index in [2.05, 4.69) is 20.6 Å². The van der Waals surface area contributed by atoms with E-state index < -0.39 is 0 Å². The zero-order chi connectivity index (χ0) is 16.1. The van der Waals surface area contributed by atoms with Crippen LogP contribution in [0.3, 0.4) is 0 Å². The minimum atomic E-state index is -0.196. The van der Waals surface area contributed by atoms with E-state index in [-0.39, 0.29) is 5.91 Å². The van der Waals surface area contributed by atoms with E-state index in [1.807, 2.05) is 31.2 Å². The third kappa shape index (κ3) is 4.28. The number of hydrogen-bond acceptors (Lipinski definition) is 4. The van der Waals surface area contributed by atoms with Gasteiger partial charge in [0, 0.05) is 24.1 Å². The van der Waals surface area contributed by atoms with Gasteiger partial charge in [-0.1, -0.05) is 37.0 Å². The van der Waals surface area contributed by atoms with Crippen molar-refractivity contribution >= 4 is 17.5 Å². The van der Waals surface area contributed by atoms with Crippen molar-refractivity contribution in [2.75, 3.05) is 10.6 Å². The van der Waals surface area contributed by atoms with Gasteiger partial charge in [0.1, 0.15) is 0 Å². The number of carbonyl (C=O) groups excluding carboxylic acids is 1. The number of benzene rings is 1. The van der Waals surface area contributed by atoms with Gasteiger partial charge >= 0.3 is 0 Å². The summed E-state index contributed by atoms with van der Waals surface area (Å²) in [5.41, 5.74) is 2.38. The molecule has 1 heterocycles. The Balaban J connectivity index is 1.59. The quantitative estimate of drug-likeness (QED) is 0.902. The normalized spacial score (nSPS) is 15.2. The lowest BCUT2D eigenvalue weighted by molar-refractivity contribution is 0.102. The minimum Gasteiger partial charge on any atom is -0.351 e. The predicted molar refractivity (Wildman–Crippen MR) is 91.7 cm³/mol. The highest BCUT2D eigenvalue weighted by atomic mass is 16.1. The monoisotopic (exact) mass is 310 g/mol. The topological polar surface area (TPSA) is 66.9 Å². The molecule has 2 N–H and O–H groups in total. The van der Waals surface area contributed by atoms with Crippen LogP contribution in [-0.2, 0) is 0 Å². The summed E-state index contributed by atoms with van der Waals surface area (Å²) in [5, 5.41) is 6.20. The maximum Gasteiger partial charge on any atom is 0.258 e. The molecule has 1 aliphatic carbocycles. The van der Waals surface area contributed by atoms with E-state index in [9.17, 15) is 4.79 Å². The summed E-state index contributed by atoms with van der Waals surface area (Å²) in [6.45, 7) is 2.01. The average Bonchev–Trinajstić information content (AvgIpc) is 2.58. The fourth-order valence-corrected chi connectivity index (χ4v) is 2.79. The van der Waals surface area contributed by atoms with Gasteiger partial charge in [-0.05, 0) is 31.9 Å². The van der Waals surface area contributed by atoms with Crippen molar-refractivity contribution < 1.29 is 4.79 Å². The molecule has 1 fully saturated rings. The molecular weight excluding hydrogens is 288 g/mol. The van der Waals surface area contributed by atoms with Gasteiger partial charge in [0.2, 0.25) is 5.95 Å². The van der Waals surface area contributed by atoms with Gasteiger partial charge in [0.25, 0.3) is 5.91 Å². The van der Waals surface area contributed by atoms with Crippen LogP contribution in [0.1, 0.15) is 48.0 Å². The van der Waals surface area contributed by atoms with E-state index in [4.69, 9.17) is 0 Å². The lowest BCUT2D eigenvalue weighted by Crippen LogP contribution is -2.23. The number of hydrogen-bond donors (Lipinski definition) is 2. The molecule has 1 saturated carbocycles. The first-order chi connectivity index (χ1) is 11.2. The van der Waals surface area contributed by atoms with Gasteiger partial charge < -0.3 is 10.6 Å². The standard InChI is InChI=1S/C18H22N4O/c1-13-7-9-16(10-8-13)21-17(23)14-11-19-18(20-12-14)22-15-5-3-2-4-6-15/h7-12,15H,2-6H2,1H3,(H,21,23)(H,19,20,22). The smallest absolute Gasteiger partial charge is 0.258 e. The van der Waals surface area contributed by atoms with Gasteiger partial charge in [0.15, 0.2) is 0 Å². The molecule has 0 saturated heterocycles. The SMILES string of the molecule is Cc1ccc(NC(=O)c2cnc(NC3CCCCC3)nc2)cc1. The molecule has 1 aromatic carbocycles. The Kier molecular flexibility index (Phi) is 4.86. The largest absolute Gasteiger partial charge is 0.351 e. The Morgan fingerprint density at radius 3 is 2.35 bits per heavy atom. The minimum absolute atomic E-state index is 0.196. The van der Waals surface area contributed by atoms with Crippen LogP contribution in [0.5, 0.6) is 0 Å². The molecular formula is C18H22N4O. The molecule has 5 nitrogen and oxygen atoms in total. The second-order valence-corrected chi connectivity index (χ2v) is 6.09. The Labute approximate surface area is 136 Å². The van der Waals surface area contributed by atoms with E-state index in [1.165, 1.54) is 32.1 Å². The maximum absolute atomic E-state index is 12.2. The van der Waals surface area contributed by atoms with E-state index in [0.29, 0.717) is 17.6 Å². The molecule has 0 unspecified atom stereocenters. The highest BCUT2D eigenvalue weighted by molar-refractivity contribution is 6.03. The maximum atomic E-state index is 12.2. The van der Waals surface area contributed by atoms with E-state index in [0.717, 1.165) is 11.3 Å². The molecule has 0 aliphatic heterocycles. The summed E-state index contributed by atoms with van der Waals surface area (Å²) in [6.07, 6.45) is 9.31. The van der Waals surface area contributed by atoms with Crippen molar-refractivity contribution in [1.29, 1.82) is 0 Å². The van der Waals surface area contributed by atoms with Crippen LogP contribution in [-0.4, -0.2) is 21.9 Å². The second kappa shape index (κ2) is 7.22. The van der Waals surface area contributed by atoms with Gasteiger partial charge in [0.05, 0.1) is 5.56 Å². The summed E-state index contributed by atoms with van der Waals surface area (Å²) >= 11 is 0. The fraction of sp³-hybridized carbons (Fsp3) is 0.389. The molecule has 120 valence electrons. The van der Waals surface area contributed by atoms with Crippen molar-refractivity contribution in [3.8, 4) is 0 Å². The zero-order valence-corrected chi connectivity index (χ0v) is 13.4. The highest BCUT2D eigenvalue weighted by Gasteiger charge is 2.14. The van der Waals surface area contributed by atoms with E-state index >= 15 is 0 Å². The van der Waals surface area contributed by atoms with Crippen LogP contribution in [0.15, 0.2) is 36.7 Å². The molecule has 23 heavy (non-hydrogen) atoms. The van der Waals surface area contributed by atoms with Crippen LogP contribution >= 0.6 is 0 Å². The number of rotatable bonds is 4. The summed E-state index contributed by atoms with van der Waals surface area (Å²) in [6, 6.07) is 8.14. The summed E-state index contributed by atoms with van der Waals surface area (Å²) in [5.74, 6) is 0.404. The van der Waals surface area contributed by atoms with Crippen molar-refractivity contribution in [2.24, 2.45) is 0 Å². The van der Waals surface area contributed by atoms with Crippen LogP contribution in [0.25, 0.3) is 0 Å². The molecule has 1 aromatic heterocycles. The average molecular weight is 310 g/mol. The Morgan fingerprint density at radius 2 is 1.70 bits per heavy atom. The number of nitrogens with zero attached hydrogens (tertiary/aromatic N) is 2. The number of amides is 1.